The van der Waals surface area contributed by atoms with Crippen molar-refractivity contribution in [2.45, 2.75) is 6.92 Å². The van der Waals surface area contributed by atoms with Crippen LogP contribution in [-0.4, -0.2) is 17.9 Å². The second kappa shape index (κ2) is 6.76. The number of Topliss-reactive ketones (excluding diaryl/α,β-unsaturated/α-hetero) is 1. The number of aromatic amines is 1. The molecule has 0 aliphatic carbocycles. The molecule has 8 heteroatoms. The van der Waals surface area contributed by atoms with Crippen LogP contribution in [0.25, 0.3) is 10.9 Å². The van der Waals surface area contributed by atoms with Crippen LogP contribution < -0.4 is 15.5 Å². The molecule has 5 nitrogen and oxygen atoms in total. The fourth-order valence-corrected chi connectivity index (χ4v) is 2.94. The molecule has 2 N–H and O–H groups in total. The van der Waals surface area contributed by atoms with E-state index in [-0.39, 0.29) is 33.1 Å². The van der Waals surface area contributed by atoms with Gasteiger partial charge in [-0.25, -0.2) is 8.78 Å². The minimum absolute atomic E-state index is 0.00937. The molecule has 3 aromatic rings. The Kier molecular flexibility index (Phi) is 4.65. The summed E-state index contributed by atoms with van der Waals surface area (Å²) < 4.78 is 32.5. The maximum atomic E-state index is 14.4. The SMILES string of the molecule is COc1c(Cl)cc(F)c2[nH]c(Nc3ccc(F)cc3)c(C(C)=O)c(=O)c12. The molecule has 0 aliphatic heterocycles. The fourth-order valence-electron chi connectivity index (χ4n) is 2.67. The van der Waals surface area contributed by atoms with Gasteiger partial charge in [0.2, 0.25) is 5.43 Å². The lowest BCUT2D eigenvalue weighted by Crippen LogP contribution is -2.19. The third-order valence-electron chi connectivity index (χ3n) is 3.81. The molecular weight excluding hydrogens is 366 g/mol. The monoisotopic (exact) mass is 378 g/mol. The van der Waals surface area contributed by atoms with E-state index in [2.05, 4.69) is 10.3 Å². The number of nitrogens with one attached hydrogen (secondary N) is 2. The van der Waals surface area contributed by atoms with E-state index in [0.29, 0.717) is 5.69 Å². The first-order chi connectivity index (χ1) is 12.3. The van der Waals surface area contributed by atoms with E-state index in [0.717, 1.165) is 6.07 Å². The number of hydrogen-bond donors (Lipinski definition) is 2. The molecule has 0 bridgehead atoms. The first kappa shape index (κ1) is 17.9. The second-order valence-corrected chi connectivity index (χ2v) is 5.92. The van der Waals surface area contributed by atoms with E-state index in [9.17, 15) is 18.4 Å². The Labute approximate surface area is 151 Å². The summed E-state index contributed by atoms with van der Waals surface area (Å²) in [5.41, 5.74) is -0.702. The van der Waals surface area contributed by atoms with Gasteiger partial charge in [0.05, 0.1) is 23.0 Å². The number of ketones is 1. The number of anilines is 2. The molecule has 26 heavy (non-hydrogen) atoms. The van der Waals surface area contributed by atoms with Gasteiger partial charge in [0.25, 0.3) is 0 Å². The number of aromatic nitrogens is 1. The van der Waals surface area contributed by atoms with Crippen LogP contribution in [0, 0.1) is 11.6 Å². The minimum atomic E-state index is -0.778. The quantitative estimate of drug-likeness (QED) is 0.659. The van der Waals surface area contributed by atoms with Gasteiger partial charge in [-0.05, 0) is 37.3 Å². The molecular formula is C18H13ClF2N2O3. The third kappa shape index (κ3) is 3.01. The molecule has 0 unspecified atom stereocenters. The summed E-state index contributed by atoms with van der Waals surface area (Å²) in [6.45, 7) is 1.21. The van der Waals surface area contributed by atoms with Crippen LogP contribution in [0.4, 0.5) is 20.3 Å². The van der Waals surface area contributed by atoms with E-state index < -0.39 is 22.8 Å². The Morgan fingerprint density at radius 1 is 1.23 bits per heavy atom. The van der Waals surface area contributed by atoms with Crippen molar-refractivity contribution in [2.75, 3.05) is 12.4 Å². The smallest absolute Gasteiger partial charge is 0.206 e. The molecule has 2 aromatic carbocycles. The molecule has 0 aliphatic rings. The highest BCUT2D eigenvalue weighted by Gasteiger charge is 2.22. The number of pyridine rings is 1. The zero-order chi connectivity index (χ0) is 19.0. The third-order valence-corrected chi connectivity index (χ3v) is 4.09. The molecule has 1 aromatic heterocycles. The van der Waals surface area contributed by atoms with Crippen molar-refractivity contribution in [2.24, 2.45) is 0 Å². The van der Waals surface area contributed by atoms with Gasteiger partial charge in [0.1, 0.15) is 23.0 Å². The molecule has 1 heterocycles. The molecule has 0 saturated carbocycles. The van der Waals surface area contributed by atoms with Crippen LogP contribution in [0.3, 0.4) is 0 Å². The maximum Gasteiger partial charge on any atom is 0.206 e. The Hall–Kier alpha value is -2.93. The average molecular weight is 379 g/mol. The highest BCUT2D eigenvalue weighted by atomic mass is 35.5. The largest absolute Gasteiger partial charge is 0.494 e. The number of halogens is 3. The number of ether oxygens (including phenoxy) is 1. The van der Waals surface area contributed by atoms with Crippen molar-refractivity contribution in [3.63, 3.8) is 0 Å². The van der Waals surface area contributed by atoms with Gasteiger partial charge in [0.15, 0.2) is 11.5 Å². The van der Waals surface area contributed by atoms with Crippen LogP contribution in [-0.2, 0) is 0 Å². The van der Waals surface area contributed by atoms with Gasteiger partial charge in [-0.15, -0.1) is 0 Å². The zero-order valence-corrected chi connectivity index (χ0v) is 14.5. The normalized spacial score (nSPS) is 10.8. The van der Waals surface area contributed by atoms with Crippen molar-refractivity contribution in [1.29, 1.82) is 0 Å². The summed E-state index contributed by atoms with van der Waals surface area (Å²) in [6, 6.07) is 6.26. The highest BCUT2D eigenvalue weighted by molar-refractivity contribution is 6.33. The van der Waals surface area contributed by atoms with Crippen LogP contribution >= 0.6 is 11.6 Å². The van der Waals surface area contributed by atoms with E-state index in [4.69, 9.17) is 16.3 Å². The number of carbonyl (C=O) groups is 1. The topological polar surface area (TPSA) is 71.2 Å². The Balaban J connectivity index is 2.33. The average Bonchev–Trinajstić information content (AvgIpc) is 2.58. The van der Waals surface area contributed by atoms with Crippen LogP contribution in [0.5, 0.6) is 5.75 Å². The molecule has 0 radical (unpaired) electrons. The predicted octanol–water partition coefficient (Wildman–Crippen LogP) is 4.41. The molecule has 0 saturated heterocycles. The van der Waals surface area contributed by atoms with Gasteiger partial charge >= 0.3 is 0 Å². The highest BCUT2D eigenvalue weighted by Crippen LogP contribution is 2.34. The zero-order valence-electron chi connectivity index (χ0n) is 13.7. The lowest BCUT2D eigenvalue weighted by Gasteiger charge is -2.14. The standard InChI is InChI=1S/C18H13ClF2N2O3/c1-8(24)13-16(25)14-15(12(21)7-11(19)17(14)26-2)23-18(13)22-10-5-3-9(20)4-6-10/h3-7H,1-2H3,(H2,22,23,25). The molecule has 0 spiro atoms. The van der Waals surface area contributed by atoms with Gasteiger partial charge in [-0.1, -0.05) is 11.6 Å². The summed E-state index contributed by atoms with van der Waals surface area (Å²) in [4.78, 5) is 27.6. The lowest BCUT2D eigenvalue weighted by molar-refractivity contribution is 0.101. The number of benzene rings is 2. The molecule has 0 amide bonds. The van der Waals surface area contributed by atoms with Crippen LogP contribution in [0.1, 0.15) is 17.3 Å². The Bertz CT molecular complexity index is 1080. The maximum absolute atomic E-state index is 14.4. The molecule has 0 atom stereocenters. The van der Waals surface area contributed by atoms with E-state index in [1.807, 2.05) is 0 Å². The summed E-state index contributed by atoms with van der Waals surface area (Å²) in [5.74, 6) is -1.80. The Morgan fingerprint density at radius 2 is 1.88 bits per heavy atom. The van der Waals surface area contributed by atoms with Crippen molar-refractivity contribution < 1.29 is 18.3 Å². The van der Waals surface area contributed by atoms with Crippen LogP contribution in [0.15, 0.2) is 35.1 Å². The van der Waals surface area contributed by atoms with Gasteiger partial charge in [0, 0.05) is 5.69 Å². The lowest BCUT2D eigenvalue weighted by atomic mass is 10.1. The number of rotatable bonds is 4. The first-order valence-electron chi connectivity index (χ1n) is 7.49. The van der Waals surface area contributed by atoms with E-state index in [1.165, 1.54) is 38.3 Å². The van der Waals surface area contributed by atoms with E-state index >= 15 is 0 Å². The fraction of sp³-hybridized carbons (Fsp3) is 0.111. The number of fused-ring (bicyclic) bond motifs is 1. The van der Waals surface area contributed by atoms with Crippen molar-refractivity contribution in [1.82, 2.24) is 4.98 Å². The van der Waals surface area contributed by atoms with Crippen molar-refractivity contribution >= 4 is 39.8 Å². The van der Waals surface area contributed by atoms with Crippen molar-refractivity contribution in [3.8, 4) is 5.75 Å². The number of H-pyrrole nitrogens is 1. The summed E-state index contributed by atoms with van der Waals surface area (Å²) in [5, 5.41) is 2.56. The van der Waals surface area contributed by atoms with Gasteiger partial charge in [-0.3, -0.25) is 9.59 Å². The number of carbonyl (C=O) groups excluding carboxylic acids is 1. The minimum Gasteiger partial charge on any atom is -0.494 e. The number of hydrogen-bond acceptors (Lipinski definition) is 4. The molecule has 3 rings (SSSR count). The summed E-state index contributed by atoms with van der Waals surface area (Å²) in [6.07, 6.45) is 0. The predicted molar refractivity (Wildman–Crippen MR) is 95.8 cm³/mol. The summed E-state index contributed by atoms with van der Waals surface area (Å²) in [7, 11) is 1.29. The Morgan fingerprint density at radius 3 is 2.46 bits per heavy atom. The first-order valence-corrected chi connectivity index (χ1v) is 7.86. The van der Waals surface area contributed by atoms with Gasteiger partial charge < -0.3 is 15.0 Å². The number of methoxy groups -OCH3 is 1. The van der Waals surface area contributed by atoms with Crippen LogP contribution in [0.2, 0.25) is 5.02 Å². The summed E-state index contributed by atoms with van der Waals surface area (Å²) >= 11 is 5.94. The van der Waals surface area contributed by atoms with Gasteiger partial charge in [-0.2, -0.15) is 0 Å². The van der Waals surface area contributed by atoms with E-state index in [1.54, 1.807) is 0 Å². The molecule has 134 valence electrons. The second-order valence-electron chi connectivity index (χ2n) is 5.52. The molecule has 0 fully saturated rings. The van der Waals surface area contributed by atoms with Crippen molar-refractivity contribution in [3.05, 3.63) is 62.8 Å².